The number of para-hydroxylation sites is 1. The van der Waals surface area contributed by atoms with Crippen molar-refractivity contribution < 1.29 is 9.90 Å². The number of hydrogen-bond acceptors (Lipinski definition) is 2. The molecule has 0 aliphatic carbocycles. The maximum atomic E-state index is 10.8. The van der Waals surface area contributed by atoms with Gasteiger partial charge in [-0.1, -0.05) is 18.2 Å². The van der Waals surface area contributed by atoms with Crippen molar-refractivity contribution in [3.05, 3.63) is 29.8 Å². The van der Waals surface area contributed by atoms with Gasteiger partial charge < -0.3 is 10.4 Å². The number of carbonyl (C=O) groups excluding carboxylic acids is 1. The Morgan fingerprint density at radius 3 is 2.77 bits per heavy atom. The van der Waals surface area contributed by atoms with Gasteiger partial charge in [0.25, 0.3) is 0 Å². The van der Waals surface area contributed by atoms with Gasteiger partial charge in [-0.05, 0) is 18.1 Å². The van der Waals surface area contributed by atoms with Gasteiger partial charge in [0, 0.05) is 19.2 Å². The third-order valence-corrected chi connectivity index (χ3v) is 1.71. The van der Waals surface area contributed by atoms with E-state index in [-0.39, 0.29) is 12.5 Å². The largest absolute Gasteiger partial charge is 0.396 e. The highest BCUT2D eigenvalue weighted by Gasteiger charge is 2.01. The lowest BCUT2D eigenvalue weighted by molar-refractivity contribution is -0.114. The van der Waals surface area contributed by atoms with Crippen molar-refractivity contribution in [2.75, 3.05) is 11.9 Å². The fraction of sp³-hybridized carbons (Fsp3) is 0.300. The van der Waals surface area contributed by atoms with Crippen molar-refractivity contribution in [3.8, 4) is 0 Å². The van der Waals surface area contributed by atoms with E-state index in [0.717, 1.165) is 11.3 Å². The molecule has 0 aliphatic heterocycles. The molecule has 1 amide bonds. The predicted molar refractivity (Wildman–Crippen MR) is 51.5 cm³/mol. The lowest BCUT2D eigenvalue weighted by Crippen LogP contribution is -2.08. The van der Waals surface area contributed by atoms with E-state index >= 15 is 0 Å². The van der Waals surface area contributed by atoms with Gasteiger partial charge in [0.05, 0.1) is 0 Å². The van der Waals surface area contributed by atoms with Crippen molar-refractivity contribution in [1.29, 1.82) is 0 Å². The molecule has 2 N–H and O–H groups in total. The topological polar surface area (TPSA) is 49.3 Å². The van der Waals surface area contributed by atoms with Gasteiger partial charge in [-0.25, -0.2) is 0 Å². The summed E-state index contributed by atoms with van der Waals surface area (Å²) in [6.45, 7) is 1.56. The molecule has 0 unspecified atom stereocenters. The molecule has 0 atom stereocenters. The summed E-state index contributed by atoms with van der Waals surface area (Å²) in [7, 11) is 0. The Kier molecular flexibility index (Phi) is 3.46. The average Bonchev–Trinajstić information content (AvgIpc) is 2.08. The molecule has 70 valence electrons. The smallest absolute Gasteiger partial charge is 0.221 e. The quantitative estimate of drug-likeness (QED) is 0.732. The molecule has 0 aliphatic rings. The Bertz CT molecular complexity index is 297. The van der Waals surface area contributed by atoms with Crippen LogP contribution in [0.1, 0.15) is 12.5 Å². The lowest BCUT2D eigenvalue weighted by atomic mass is 10.1. The summed E-state index contributed by atoms with van der Waals surface area (Å²) in [6.07, 6.45) is 0.566. The summed E-state index contributed by atoms with van der Waals surface area (Å²) < 4.78 is 0. The minimum Gasteiger partial charge on any atom is -0.396 e. The van der Waals surface area contributed by atoms with Gasteiger partial charge in [0.2, 0.25) is 5.91 Å². The van der Waals surface area contributed by atoms with E-state index in [4.69, 9.17) is 5.11 Å². The molecule has 13 heavy (non-hydrogen) atoms. The van der Waals surface area contributed by atoms with Crippen LogP contribution in [0.5, 0.6) is 0 Å². The molecule has 1 aromatic carbocycles. The van der Waals surface area contributed by atoms with Gasteiger partial charge in [0.1, 0.15) is 0 Å². The summed E-state index contributed by atoms with van der Waals surface area (Å²) in [4.78, 5) is 10.8. The van der Waals surface area contributed by atoms with Crippen LogP contribution in [0, 0.1) is 0 Å². The Balaban J connectivity index is 2.84. The normalized spacial score (nSPS) is 9.69. The highest BCUT2D eigenvalue weighted by atomic mass is 16.3. The minimum absolute atomic E-state index is 0.0922. The molecular formula is C10H13NO2. The number of amides is 1. The first kappa shape index (κ1) is 9.74. The lowest BCUT2D eigenvalue weighted by Gasteiger charge is -2.07. The summed E-state index contributed by atoms with van der Waals surface area (Å²) >= 11 is 0. The van der Waals surface area contributed by atoms with E-state index < -0.39 is 0 Å². The SMILES string of the molecule is CC(=O)Nc1ccccc1CCO. The van der Waals surface area contributed by atoms with Crippen LogP contribution in [0.2, 0.25) is 0 Å². The molecule has 3 heteroatoms. The van der Waals surface area contributed by atoms with Crippen molar-refractivity contribution in [2.45, 2.75) is 13.3 Å². The van der Waals surface area contributed by atoms with E-state index in [9.17, 15) is 4.79 Å². The number of hydrogen-bond donors (Lipinski definition) is 2. The van der Waals surface area contributed by atoms with E-state index in [1.807, 2.05) is 24.3 Å². The standard InChI is InChI=1S/C10H13NO2/c1-8(13)11-10-5-3-2-4-9(10)6-7-12/h2-5,12H,6-7H2,1H3,(H,11,13). The maximum Gasteiger partial charge on any atom is 0.221 e. The Morgan fingerprint density at radius 2 is 2.15 bits per heavy atom. The Hall–Kier alpha value is -1.35. The first-order chi connectivity index (χ1) is 6.24. The molecule has 0 saturated carbocycles. The number of benzene rings is 1. The number of aliphatic hydroxyl groups is 1. The molecule has 0 aromatic heterocycles. The third kappa shape index (κ3) is 2.87. The van der Waals surface area contributed by atoms with Crippen LogP contribution < -0.4 is 5.32 Å². The van der Waals surface area contributed by atoms with Crippen LogP contribution in [0.4, 0.5) is 5.69 Å². The molecule has 3 nitrogen and oxygen atoms in total. The Morgan fingerprint density at radius 1 is 1.46 bits per heavy atom. The van der Waals surface area contributed by atoms with Crippen LogP contribution >= 0.6 is 0 Å². The monoisotopic (exact) mass is 179 g/mol. The zero-order valence-electron chi connectivity index (χ0n) is 7.58. The van der Waals surface area contributed by atoms with E-state index in [1.165, 1.54) is 6.92 Å². The first-order valence-corrected chi connectivity index (χ1v) is 4.20. The van der Waals surface area contributed by atoms with Gasteiger partial charge in [0.15, 0.2) is 0 Å². The van der Waals surface area contributed by atoms with E-state index in [0.29, 0.717) is 6.42 Å². The summed E-state index contributed by atoms with van der Waals surface area (Å²) in [5.74, 6) is -0.0922. The van der Waals surface area contributed by atoms with Gasteiger partial charge >= 0.3 is 0 Å². The summed E-state index contributed by atoms with van der Waals surface area (Å²) in [5, 5.41) is 11.5. The van der Waals surface area contributed by atoms with Crippen molar-refractivity contribution in [3.63, 3.8) is 0 Å². The summed E-state index contributed by atoms with van der Waals surface area (Å²) in [5.41, 5.74) is 1.74. The molecule has 0 heterocycles. The number of rotatable bonds is 3. The van der Waals surface area contributed by atoms with Gasteiger partial charge in [-0.2, -0.15) is 0 Å². The van der Waals surface area contributed by atoms with Crippen molar-refractivity contribution >= 4 is 11.6 Å². The van der Waals surface area contributed by atoms with Crippen LogP contribution in [0.3, 0.4) is 0 Å². The van der Waals surface area contributed by atoms with Gasteiger partial charge in [-0.3, -0.25) is 4.79 Å². The highest BCUT2D eigenvalue weighted by molar-refractivity contribution is 5.89. The molecule has 1 rings (SSSR count). The second-order valence-electron chi connectivity index (χ2n) is 2.81. The number of anilines is 1. The maximum absolute atomic E-state index is 10.8. The second kappa shape index (κ2) is 4.62. The van der Waals surface area contributed by atoms with E-state index in [1.54, 1.807) is 0 Å². The zero-order valence-corrected chi connectivity index (χ0v) is 7.58. The van der Waals surface area contributed by atoms with Crippen LogP contribution in [0.25, 0.3) is 0 Å². The predicted octanol–water partition coefficient (Wildman–Crippen LogP) is 1.18. The molecule has 0 spiro atoms. The Labute approximate surface area is 77.4 Å². The molecular weight excluding hydrogens is 166 g/mol. The highest BCUT2D eigenvalue weighted by Crippen LogP contribution is 2.14. The van der Waals surface area contributed by atoms with Crippen LogP contribution in [-0.2, 0) is 11.2 Å². The second-order valence-corrected chi connectivity index (χ2v) is 2.81. The number of carbonyl (C=O) groups is 1. The molecule has 1 aromatic rings. The van der Waals surface area contributed by atoms with Crippen molar-refractivity contribution in [1.82, 2.24) is 0 Å². The summed E-state index contributed by atoms with van der Waals surface area (Å²) in [6, 6.07) is 7.45. The van der Waals surface area contributed by atoms with E-state index in [2.05, 4.69) is 5.32 Å². The first-order valence-electron chi connectivity index (χ1n) is 4.20. The number of nitrogens with one attached hydrogen (secondary N) is 1. The third-order valence-electron chi connectivity index (χ3n) is 1.71. The molecule has 0 fully saturated rings. The van der Waals surface area contributed by atoms with Crippen molar-refractivity contribution in [2.24, 2.45) is 0 Å². The van der Waals surface area contributed by atoms with Gasteiger partial charge in [-0.15, -0.1) is 0 Å². The molecule has 0 radical (unpaired) electrons. The molecule has 0 saturated heterocycles. The zero-order chi connectivity index (χ0) is 9.68. The molecule has 0 bridgehead atoms. The van der Waals surface area contributed by atoms with Crippen LogP contribution in [0.15, 0.2) is 24.3 Å². The minimum atomic E-state index is -0.0922. The average molecular weight is 179 g/mol. The van der Waals surface area contributed by atoms with Crippen LogP contribution in [-0.4, -0.2) is 17.6 Å². The number of aliphatic hydroxyl groups excluding tert-OH is 1. The fourth-order valence-electron chi connectivity index (χ4n) is 1.17. The fourth-order valence-corrected chi connectivity index (χ4v) is 1.17.